The molecule has 1 atom stereocenters. The molecule has 1 aromatic carbocycles. The SMILES string of the molecule is COc1ccccc1OCCNC(=O)N1CCCC1C(=O)NCC(F)(F)F. The van der Waals surface area contributed by atoms with Crippen LogP contribution in [0.15, 0.2) is 24.3 Å². The molecule has 1 fully saturated rings. The summed E-state index contributed by atoms with van der Waals surface area (Å²) in [6.07, 6.45) is -3.61. The van der Waals surface area contributed by atoms with Crippen molar-refractivity contribution in [3.63, 3.8) is 0 Å². The second kappa shape index (κ2) is 9.33. The van der Waals surface area contributed by atoms with Crippen molar-refractivity contribution in [2.24, 2.45) is 0 Å². The predicted molar refractivity (Wildman–Crippen MR) is 90.7 cm³/mol. The standard InChI is InChI=1S/C17H22F3N3O4/c1-26-13-6-2-3-7-14(13)27-10-8-21-16(25)23-9-4-5-12(23)15(24)22-11-17(18,19)20/h2-3,6-7,12H,4-5,8-11H2,1H3,(H,21,25)(H,22,24). The Balaban J connectivity index is 1.78. The Morgan fingerprint density at radius 2 is 1.93 bits per heavy atom. The van der Waals surface area contributed by atoms with Crippen molar-refractivity contribution < 1.29 is 32.2 Å². The van der Waals surface area contributed by atoms with Crippen LogP contribution in [0.5, 0.6) is 11.5 Å². The number of likely N-dealkylation sites (tertiary alicyclic amines) is 1. The van der Waals surface area contributed by atoms with Gasteiger partial charge < -0.3 is 25.0 Å². The van der Waals surface area contributed by atoms with E-state index in [9.17, 15) is 22.8 Å². The molecule has 0 saturated carbocycles. The Morgan fingerprint density at radius 1 is 1.22 bits per heavy atom. The highest BCUT2D eigenvalue weighted by Gasteiger charge is 2.36. The van der Waals surface area contributed by atoms with Gasteiger partial charge in [0.2, 0.25) is 5.91 Å². The van der Waals surface area contributed by atoms with Gasteiger partial charge in [0.25, 0.3) is 0 Å². The van der Waals surface area contributed by atoms with Gasteiger partial charge in [0, 0.05) is 6.54 Å². The first-order valence-corrected chi connectivity index (χ1v) is 8.46. The summed E-state index contributed by atoms with van der Waals surface area (Å²) >= 11 is 0. The molecule has 1 saturated heterocycles. The van der Waals surface area contributed by atoms with Crippen LogP contribution in [-0.4, -0.2) is 62.4 Å². The van der Waals surface area contributed by atoms with E-state index in [-0.39, 0.29) is 13.2 Å². The molecule has 0 bridgehead atoms. The second-order valence-corrected chi connectivity index (χ2v) is 5.92. The van der Waals surface area contributed by atoms with Gasteiger partial charge in [-0.05, 0) is 25.0 Å². The van der Waals surface area contributed by atoms with E-state index in [1.807, 2.05) is 5.32 Å². The van der Waals surface area contributed by atoms with Crippen molar-refractivity contribution in [3.05, 3.63) is 24.3 Å². The van der Waals surface area contributed by atoms with E-state index in [2.05, 4.69) is 5.32 Å². The Hall–Kier alpha value is -2.65. The molecule has 1 aliphatic rings. The molecular weight excluding hydrogens is 367 g/mol. The van der Waals surface area contributed by atoms with Crippen LogP contribution in [0.2, 0.25) is 0 Å². The number of benzene rings is 1. The van der Waals surface area contributed by atoms with Crippen LogP contribution in [0.25, 0.3) is 0 Å². The quantitative estimate of drug-likeness (QED) is 0.699. The van der Waals surface area contributed by atoms with Crippen LogP contribution in [0.4, 0.5) is 18.0 Å². The minimum Gasteiger partial charge on any atom is -0.493 e. The summed E-state index contributed by atoms with van der Waals surface area (Å²) in [6, 6.07) is 5.63. The number of alkyl halides is 3. The van der Waals surface area contributed by atoms with Crippen molar-refractivity contribution >= 4 is 11.9 Å². The number of methoxy groups -OCH3 is 1. The number of carbonyl (C=O) groups is 2. The van der Waals surface area contributed by atoms with E-state index in [1.165, 1.54) is 12.0 Å². The highest BCUT2D eigenvalue weighted by Crippen LogP contribution is 2.25. The molecule has 0 radical (unpaired) electrons. The number of ether oxygens (including phenoxy) is 2. The number of hydrogen-bond donors (Lipinski definition) is 2. The van der Waals surface area contributed by atoms with Crippen molar-refractivity contribution in [2.45, 2.75) is 25.1 Å². The van der Waals surface area contributed by atoms with Crippen LogP contribution in [0.1, 0.15) is 12.8 Å². The smallest absolute Gasteiger partial charge is 0.405 e. The number of amides is 3. The monoisotopic (exact) mass is 389 g/mol. The highest BCUT2D eigenvalue weighted by molar-refractivity contribution is 5.87. The molecule has 3 amide bonds. The summed E-state index contributed by atoms with van der Waals surface area (Å²) in [5, 5.41) is 4.44. The zero-order chi connectivity index (χ0) is 19.9. The van der Waals surface area contributed by atoms with Crippen molar-refractivity contribution in [1.82, 2.24) is 15.5 Å². The lowest BCUT2D eigenvalue weighted by atomic mass is 10.2. The van der Waals surface area contributed by atoms with Gasteiger partial charge in [-0.1, -0.05) is 12.1 Å². The number of halogens is 3. The first-order chi connectivity index (χ1) is 12.8. The number of para-hydroxylation sites is 2. The van der Waals surface area contributed by atoms with E-state index in [0.29, 0.717) is 30.9 Å². The Kier molecular flexibility index (Phi) is 7.14. The van der Waals surface area contributed by atoms with Crippen LogP contribution < -0.4 is 20.1 Å². The van der Waals surface area contributed by atoms with E-state index in [0.717, 1.165) is 0 Å². The molecule has 0 aromatic heterocycles. The van der Waals surface area contributed by atoms with Gasteiger partial charge in [-0.3, -0.25) is 4.79 Å². The van der Waals surface area contributed by atoms with Gasteiger partial charge in [0.15, 0.2) is 11.5 Å². The minimum atomic E-state index is -4.49. The molecule has 0 spiro atoms. The van der Waals surface area contributed by atoms with Crippen LogP contribution in [-0.2, 0) is 4.79 Å². The molecule has 2 N–H and O–H groups in total. The lowest BCUT2D eigenvalue weighted by Crippen LogP contribution is -2.51. The van der Waals surface area contributed by atoms with Crippen molar-refractivity contribution in [1.29, 1.82) is 0 Å². The maximum absolute atomic E-state index is 12.2. The Morgan fingerprint density at radius 3 is 2.59 bits per heavy atom. The van der Waals surface area contributed by atoms with E-state index < -0.39 is 30.7 Å². The summed E-state index contributed by atoms with van der Waals surface area (Å²) in [7, 11) is 1.52. The fraction of sp³-hybridized carbons (Fsp3) is 0.529. The van der Waals surface area contributed by atoms with Crippen LogP contribution in [0.3, 0.4) is 0 Å². The van der Waals surface area contributed by atoms with E-state index in [1.54, 1.807) is 24.3 Å². The van der Waals surface area contributed by atoms with Gasteiger partial charge in [0.1, 0.15) is 19.2 Å². The number of rotatable bonds is 7. The van der Waals surface area contributed by atoms with Gasteiger partial charge in [-0.2, -0.15) is 13.2 Å². The molecule has 1 heterocycles. The fourth-order valence-electron chi connectivity index (χ4n) is 2.75. The molecule has 1 aromatic rings. The molecule has 1 aliphatic heterocycles. The van der Waals surface area contributed by atoms with Crippen LogP contribution in [0, 0.1) is 0 Å². The maximum atomic E-state index is 12.2. The molecule has 150 valence electrons. The zero-order valence-corrected chi connectivity index (χ0v) is 14.8. The fourth-order valence-corrected chi connectivity index (χ4v) is 2.75. The molecule has 7 nitrogen and oxygen atoms in total. The number of nitrogens with one attached hydrogen (secondary N) is 2. The lowest BCUT2D eigenvalue weighted by Gasteiger charge is -2.24. The third kappa shape index (κ3) is 6.22. The number of nitrogens with zero attached hydrogens (tertiary/aromatic N) is 1. The van der Waals surface area contributed by atoms with Gasteiger partial charge in [-0.25, -0.2) is 4.79 Å². The summed E-state index contributed by atoms with van der Waals surface area (Å²) < 4.78 is 47.4. The predicted octanol–water partition coefficient (Wildman–Crippen LogP) is 1.93. The Labute approximate surface area is 154 Å². The minimum absolute atomic E-state index is 0.171. The third-order valence-corrected chi connectivity index (χ3v) is 3.98. The molecule has 10 heteroatoms. The zero-order valence-electron chi connectivity index (χ0n) is 14.8. The molecule has 0 aliphatic carbocycles. The largest absolute Gasteiger partial charge is 0.493 e. The molecular formula is C17H22F3N3O4. The van der Waals surface area contributed by atoms with E-state index >= 15 is 0 Å². The highest BCUT2D eigenvalue weighted by atomic mass is 19.4. The first kappa shape index (κ1) is 20.7. The Bertz CT molecular complexity index is 655. The molecule has 2 rings (SSSR count). The average molecular weight is 389 g/mol. The van der Waals surface area contributed by atoms with E-state index in [4.69, 9.17) is 9.47 Å². The maximum Gasteiger partial charge on any atom is 0.405 e. The number of urea groups is 1. The third-order valence-electron chi connectivity index (χ3n) is 3.98. The van der Waals surface area contributed by atoms with Gasteiger partial charge in [-0.15, -0.1) is 0 Å². The van der Waals surface area contributed by atoms with Gasteiger partial charge >= 0.3 is 12.2 Å². The van der Waals surface area contributed by atoms with Crippen LogP contribution >= 0.6 is 0 Å². The number of carbonyl (C=O) groups excluding carboxylic acids is 2. The van der Waals surface area contributed by atoms with Crippen molar-refractivity contribution in [2.75, 3.05) is 33.4 Å². The molecule has 1 unspecified atom stereocenters. The topological polar surface area (TPSA) is 79.9 Å². The normalized spacial score (nSPS) is 16.7. The summed E-state index contributed by atoms with van der Waals surface area (Å²) in [5.41, 5.74) is 0. The first-order valence-electron chi connectivity index (χ1n) is 8.46. The number of hydrogen-bond acceptors (Lipinski definition) is 4. The average Bonchev–Trinajstić information content (AvgIpc) is 3.12. The second-order valence-electron chi connectivity index (χ2n) is 5.92. The molecule has 27 heavy (non-hydrogen) atoms. The summed E-state index contributed by atoms with van der Waals surface area (Å²) in [5.74, 6) is 0.287. The van der Waals surface area contributed by atoms with Crippen molar-refractivity contribution in [3.8, 4) is 11.5 Å². The van der Waals surface area contributed by atoms with Gasteiger partial charge in [0.05, 0.1) is 13.7 Å². The summed E-state index contributed by atoms with van der Waals surface area (Å²) in [6.45, 7) is -0.761. The lowest BCUT2D eigenvalue weighted by molar-refractivity contribution is -0.140. The summed E-state index contributed by atoms with van der Waals surface area (Å²) in [4.78, 5) is 25.4.